The lowest BCUT2D eigenvalue weighted by Crippen LogP contribution is -2.59. The molecule has 5 heterocycles. The summed E-state index contributed by atoms with van der Waals surface area (Å²) in [5.74, 6) is -2.77. The van der Waals surface area contributed by atoms with Crippen molar-refractivity contribution in [3.8, 4) is 5.88 Å². The number of aromatic nitrogens is 4. The van der Waals surface area contributed by atoms with Crippen LogP contribution in [-0.2, 0) is 32.9 Å². The molecule has 2 fully saturated rings. The van der Waals surface area contributed by atoms with Crippen molar-refractivity contribution in [2.45, 2.75) is 49.7 Å². The Balaban J connectivity index is 1.37. The number of carbonyl (C=O) groups is 3. The summed E-state index contributed by atoms with van der Waals surface area (Å²) in [4.78, 5) is 71.1. The average Bonchev–Trinajstić information content (AvgIpc) is 3.72. The predicted molar refractivity (Wildman–Crippen MR) is 154 cm³/mol. The predicted octanol–water partition coefficient (Wildman–Crippen LogP) is -2.74. The van der Waals surface area contributed by atoms with Crippen LogP contribution in [0.4, 0.5) is 10.7 Å². The summed E-state index contributed by atoms with van der Waals surface area (Å²) >= 11 is 0. The van der Waals surface area contributed by atoms with Gasteiger partial charge in [0.25, 0.3) is 0 Å². The van der Waals surface area contributed by atoms with Gasteiger partial charge in [-0.05, 0) is 6.92 Å². The summed E-state index contributed by atoms with van der Waals surface area (Å²) in [6, 6.07) is -0.886. The summed E-state index contributed by atoms with van der Waals surface area (Å²) in [5, 5.41) is 10.5. The van der Waals surface area contributed by atoms with Crippen LogP contribution in [0.15, 0.2) is 28.9 Å². The SMILES string of the molecule is COC12C(COC(N)=O)C3=C(C(=O)C(C)=C(N)C3=O)N1CC(N)C2Oc1nc(N)nc2c1ncn2C1CC(O)C(COP(=O)(O)O)O1. The van der Waals surface area contributed by atoms with E-state index in [2.05, 4.69) is 19.5 Å². The summed E-state index contributed by atoms with van der Waals surface area (Å²) in [7, 11) is -3.51. The number of nitrogen functional groups attached to an aromatic ring is 1. The van der Waals surface area contributed by atoms with Crippen molar-refractivity contribution in [2.24, 2.45) is 23.1 Å². The molecule has 6 rings (SSSR count). The minimum Gasteiger partial charge on any atom is -0.466 e. The standard InChI is InChI=1S/C25H32N9O12P/c1-8-15(27)19(37)14-9(5-43-24(29)38)25(42-2)20(10(26)4-34(25)17(14)18(8)36)46-22-16-21(31-23(28)32-22)33(7-30-16)13-3-11(35)12(45-13)6-44-47(39,40)41/h7,9-13,20,35H,3-6,26-27H2,1-2H3,(H2,29,38)(H2,28,31,32)(H2,39,40,41). The van der Waals surface area contributed by atoms with Gasteiger partial charge in [-0.1, -0.05) is 0 Å². The molecule has 21 nitrogen and oxygen atoms in total. The van der Waals surface area contributed by atoms with Crippen LogP contribution in [0, 0.1) is 5.92 Å². The number of imidazole rings is 1. The van der Waals surface area contributed by atoms with Gasteiger partial charge in [0.05, 0.1) is 42.4 Å². The van der Waals surface area contributed by atoms with Gasteiger partial charge >= 0.3 is 13.9 Å². The van der Waals surface area contributed by atoms with Crippen LogP contribution in [0.5, 0.6) is 5.88 Å². The summed E-state index contributed by atoms with van der Waals surface area (Å²) in [6.45, 7) is 0.294. The first-order chi connectivity index (χ1) is 22.1. The molecule has 11 N–H and O–H groups in total. The number of nitrogens with zero attached hydrogens (tertiary/aromatic N) is 5. The van der Waals surface area contributed by atoms with Gasteiger partial charge in [0, 0.05) is 31.2 Å². The number of carbonyl (C=O) groups excluding carboxylic acids is 3. The van der Waals surface area contributed by atoms with Gasteiger partial charge in [0.2, 0.25) is 23.4 Å². The monoisotopic (exact) mass is 681 g/mol. The number of Topliss-reactive ketones (excluding diaryl/α,β-unsaturated/α-hetero) is 2. The first-order valence-corrected chi connectivity index (χ1v) is 15.6. The second kappa shape index (κ2) is 11.5. The third-order valence-corrected chi connectivity index (χ3v) is 9.20. The van der Waals surface area contributed by atoms with Gasteiger partial charge < -0.3 is 61.7 Å². The molecule has 0 aromatic carbocycles. The summed E-state index contributed by atoms with van der Waals surface area (Å²) < 4.78 is 40.4. The van der Waals surface area contributed by atoms with Crippen molar-refractivity contribution in [3.63, 3.8) is 0 Å². The fourth-order valence-electron chi connectivity index (χ4n) is 6.64. The number of ketones is 2. The number of ether oxygens (including phenoxy) is 4. The zero-order chi connectivity index (χ0) is 34.2. The highest BCUT2D eigenvalue weighted by molar-refractivity contribution is 7.46. The molecule has 2 aromatic rings. The highest BCUT2D eigenvalue weighted by Gasteiger charge is 2.68. The first-order valence-electron chi connectivity index (χ1n) is 14.1. The van der Waals surface area contributed by atoms with Crippen molar-refractivity contribution in [2.75, 3.05) is 32.6 Å². The highest BCUT2D eigenvalue weighted by Crippen LogP contribution is 2.53. The molecule has 2 saturated heterocycles. The maximum atomic E-state index is 13.5. The van der Waals surface area contributed by atoms with Crippen LogP contribution in [0.3, 0.4) is 0 Å². The Morgan fingerprint density at radius 3 is 2.60 bits per heavy atom. The Morgan fingerprint density at radius 2 is 1.94 bits per heavy atom. The molecule has 0 radical (unpaired) electrons. The first kappa shape index (κ1) is 32.7. The van der Waals surface area contributed by atoms with Crippen LogP contribution in [0.1, 0.15) is 19.6 Å². The Labute approximate surface area is 264 Å². The number of phosphoric acid groups is 1. The minimum absolute atomic E-state index is 0.0194. The maximum Gasteiger partial charge on any atom is 0.469 e. The number of hydrogen-bond acceptors (Lipinski definition) is 17. The van der Waals surface area contributed by atoms with E-state index < -0.39 is 80.9 Å². The van der Waals surface area contributed by atoms with Crippen molar-refractivity contribution in [1.29, 1.82) is 0 Å². The fraction of sp³-hybridized carbons (Fsp3) is 0.520. The number of fused-ring (bicyclic) bond motifs is 3. The van der Waals surface area contributed by atoms with E-state index >= 15 is 0 Å². The van der Waals surface area contributed by atoms with Gasteiger partial charge in [-0.15, -0.1) is 0 Å². The number of allylic oxidation sites excluding steroid dienone is 2. The number of nitrogens with two attached hydrogens (primary N) is 4. The van der Waals surface area contributed by atoms with E-state index in [-0.39, 0.29) is 58.5 Å². The maximum absolute atomic E-state index is 13.5. The lowest BCUT2D eigenvalue weighted by molar-refractivity contribution is -0.171. The second-order valence-corrected chi connectivity index (χ2v) is 12.6. The smallest absolute Gasteiger partial charge is 0.466 e. The lowest BCUT2D eigenvalue weighted by atomic mass is 9.81. The van der Waals surface area contributed by atoms with Gasteiger partial charge in [-0.3, -0.25) is 18.7 Å². The minimum atomic E-state index is -4.82. The zero-order valence-electron chi connectivity index (χ0n) is 24.9. The van der Waals surface area contributed by atoms with Crippen molar-refractivity contribution in [3.05, 3.63) is 28.9 Å². The molecule has 0 bridgehead atoms. The molecular weight excluding hydrogens is 649 g/mol. The molecule has 1 aliphatic carbocycles. The summed E-state index contributed by atoms with van der Waals surface area (Å²) in [5.41, 5.74) is 22.1. The number of hydrogen-bond donors (Lipinski definition) is 7. The van der Waals surface area contributed by atoms with Crippen LogP contribution in [0.25, 0.3) is 11.2 Å². The molecule has 7 unspecified atom stereocenters. The van der Waals surface area contributed by atoms with E-state index in [1.54, 1.807) is 0 Å². The highest BCUT2D eigenvalue weighted by atomic mass is 31.2. The number of methoxy groups -OCH3 is 1. The number of phosphoric ester groups is 1. The number of aliphatic hydroxyl groups excluding tert-OH is 1. The Bertz CT molecular complexity index is 1790. The third kappa shape index (κ3) is 5.20. The van der Waals surface area contributed by atoms with Crippen molar-refractivity contribution < 1.29 is 57.3 Å². The second-order valence-electron chi connectivity index (χ2n) is 11.3. The molecule has 0 spiro atoms. The Morgan fingerprint density at radius 1 is 1.21 bits per heavy atom. The van der Waals surface area contributed by atoms with Gasteiger partial charge in [-0.2, -0.15) is 9.97 Å². The molecule has 254 valence electrons. The number of rotatable bonds is 9. The van der Waals surface area contributed by atoms with E-state index in [9.17, 15) is 24.1 Å². The van der Waals surface area contributed by atoms with Crippen LogP contribution in [0.2, 0.25) is 0 Å². The largest absolute Gasteiger partial charge is 0.469 e. The Hall–Kier alpha value is -4.21. The normalized spacial score (nSPS) is 30.8. The molecule has 1 amide bonds. The molecule has 4 aliphatic rings. The topological polar surface area (TPSA) is 326 Å². The number of anilines is 1. The van der Waals surface area contributed by atoms with Crippen molar-refractivity contribution >= 4 is 42.6 Å². The van der Waals surface area contributed by atoms with Crippen molar-refractivity contribution in [1.82, 2.24) is 24.4 Å². The lowest BCUT2D eigenvalue weighted by Gasteiger charge is -2.41. The Kier molecular flexibility index (Phi) is 8.00. The average molecular weight is 682 g/mol. The van der Waals surface area contributed by atoms with Gasteiger partial charge in [0.15, 0.2) is 23.0 Å². The number of primary amides is 1. The molecule has 47 heavy (non-hydrogen) atoms. The third-order valence-electron chi connectivity index (χ3n) is 8.72. The van der Waals surface area contributed by atoms with E-state index in [1.807, 2.05) is 0 Å². The molecule has 2 aromatic heterocycles. The molecule has 22 heteroatoms. The van der Waals surface area contributed by atoms with E-state index in [1.165, 1.54) is 29.8 Å². The van der Waals surface area contributed by atoms with Gasteiger partial charge in [-0.25, -0.2) is 14.3 Å². The summed E-state index contributed by atoms with van der Waals surface area (Å²) in [6.07, 6.45) is -4.19. The van der Waals surface area contributed by atoms with Crippen LogP contribution >= 0.6 is 7.82 Å². The van der Waals surface area contributed by atoms with E-state index in [4.69, 9.17) is 51.7 Å². The van der Waals surface area contributed by atoms with E-state index in [0.29, 0.717) is 0 Å². The number of amides is 1. The quantitative estimate of drug-likeness (QED) is 0.104. The molecule has 0 saturated carbocycles. The zero-order valence-corrected chi connectivity index (χ0v) is 25.8. The fourth-order valence-corrected chi connectivity index (χ4v) is 6.98. The molecular formula is C25H32N9O12P. The number of aliphatic hydroxyl groups is 1. The van der Waals surface area contributed by atoms with E-state index in [0.717, 1.165) is 0 Å². The molecule has 7 atom stereocenters. The molecule has 3 aliphatic heterocycles. The van der Waals surface area contributed by atoms with Crippen LogP contribution < -0.4 is 27.7 Å². The van der Waals surface area contributed by atoms with Crippen LogP contribution in [-0.4, -0.2) is 114 Å². The van der Waals surface area contributed by atoms with Gasteiger partial charge in [0.1, 0.15) is 18.9 Å².